The fraction of sp³-hybridized carbons (Fsp3) is 0.467. The number of hydrogen-bond donors (Lipinski definition) is 2. The molecule has 2 aliphatic rings. The highest BCUT2D eigenvalue weighted by Gasteiger charge is 2.19. The smallest absolute Gasteiger partial charge is 0.231 e. The highest BCUT2D eigenvalue weighted by molar-refractivity contribution is 6.02. The number of nitrogens with zero attached hydrogens (tertiary/aromatic N) is 3. The lowest BCUT2D eigenvalue weighted by Crippen LogP contribution is -2.32. The van der Waals surface area contributed by atoms with Crippen LogP contribution in [0.1, 0.15) is 25.7 Å². The van der Waals surface area contributed by atoms with Gasteiger partial charge in [-0.25, -0.2) is 4.99 Å². The zero-order valence-electron chi connectivity index (χ0n) is 12.7. The van der Waals surface area contributed by atoms with Gasteiger partial charge in [-0.15, -0.1) is 0 Å². The topological polar surface area (TPSA) is 98.5 Å². The Kier molecular flexibility index (Phi) is 4.04. The summed E-state index contributed by atoms with van der Waals surface area (Å²) in [5.74, 6) is 1.98. The van der Waals surface area contributed by atoms with Crippen LogP contribution in [-0.4, -0.2) is 31.8 Å². The van der Waals surface area contributed by atoms with E-state index in [4.69, 9.17) is 25.9 Å². The molecule has 0 aromatic heterocycles. The Labute approximate surface area is 129 Å². The number of hydrogen-bond acceptors (Lipinski definition) is 3. The molecule has 0 radical (unpaired) electrons. The molecule has 1 heterocycles. The van der Waals surface area contributed by atoms with Crippen LogP contribution in [0.3, 0.4) is 0 Å². The lowest BCUT2D eigenvalue weighted by atomic mass is 10.2. The molecular weight excluding hydrogens is 282 g/mol. The predicted molar refractivity (Wildman–Crippen MR) is 86.5 cm³/mol. The lowest BCUT2D eigenvalue weighted by Gasteiger charge is -2.20. The number of benzene rings is 1. The minimum absolute atomic E-state index is 0.00402. The van der Waals surface area contributed by atoms with E-state index in [1.165, 1.54) is 12.8 Å². The highest BCUT2D eigenvalue weighted by Crippen LogP contribution is 2.35. The van der Waals surface area contributed by atoms with E-state index in [1.807, 2.05) is 30.1 Å². The van der Waals surface area contributed by atoms with Crippen molar-refractivity contribution in [2.75, 3.05) is 18.7 Å². The second-order valence-electron chi connectivity index (χ2n) is 5.50. The van der Waals surface area contributed by atoms with Gasteiger partial charge in [-0.2, -0.15) is 4.99 Å². The lowest BCUT2D eigenvalue weighted by molar-refractivity contribution is 0.174. The van der Waals surface area contributed by atoms with Crippen LogP contribution in [0.4, 0.5) is 5.69 Å². The van der Waals surface area contributed by atoms with E-state index in [1.54, 1.807) is 0 Å². The maximum Gasteiger partial charge on any atom is 0.231 e. The molecule has 0 bridgehead atoms. The fourth-order valence-electron chi connectivity index (χ4n) is 2.71. The maximum absolute atomic E-state index is 5.55. The van der Waals surface area contributed by atoms with Crippen LogP contribution >= 0.6 is 0 Å². The van der Waals surface area contributed by atoms with Crippen LogP contribution < -0.4 is 25.8 Å². The SMILES string of the molecule is CN(C(N=C(N)N)=NC1CCCC1)c1ccc2c(c1)OCO2. The number of ether oxygens (including phenoxy) is 2. The van der Waals surface area contributed by atoms with Crippen molar-refractivity contribution in [1.82, 2.24) is 0 Å². The van der Waals surface area contributed by atoms with E-state index in [0.717, 1.165) is 24.3 Å². The largest absolute Gasteiger partial charge is 0.454 e. The fourth-order valence-corrected chi connectivity index (χ4v) is 2.71. The van der Waals surface area contributed by atoms with E-state index < -0.39 is 0 Å². The summed E-state index contributed by atoms with van der Waals surface area (Å²) in [7, 11) is 1.89. The summed E-state index contributed by atoms with van der Waals surface area (Å²) in [5.41, 5.74) is 12.0. The maximum atomic E-state index is 5.55. The minimum Gasteiger partial charge on any atom is -0.454 e. The van der Waals surface area contributed by atoms with Gasteiger partial charge in [-0.3, -0.25) is 0 Å². The standard InChI is InChI=1S/C15H21N5O2/c1-20(11-6-7-12-13(8-11)22-9-21-12)15(19-14(16)17)18-10-4-2-3-5-10/h6-8,10H,2-5,9H2,1H3,(H4,16,17,18,19). The molecular formula is C15H21N5O2. The van der Waals surface area contributed by atoms with Gasteiger partial charge in [0.05, 0.1) is 6.04 Å². The van der Waals surface area contributed by atoms with Gasteiger partial charge in [0.25, 0.3) is 0 Å². The summed E-state index contributed by atoms with van der Waals surface area (Å²) in [4.78, 5) is 10.8. The van der Waals surface area contributed by atoms with Crippen molar-refractivity contribution in [2.45, 2.75) is 31.7 Å². The van der Waals surface area contributed by atoms with Gasteiger partial charge in [-0.05, 0) is 25.0 Å². The van der Waals surface area contributed by atoms with Crippen molar-refractivity contribution in [3.05, 3.63) is 18.2 Å². The first kappa shape index (κ1) is 14.5. The zero-order valence-corrected chi connectivity index (χ0v) is 12.7. The number of rotatable bonds is 2. The molecule has 1 aromatic rings. The van der Waals surface area contributed by atoms with Gasteiger partial charge >= 0.3 is 0 Å². The summed E-state index contributed by atoms with van der Waals surface area (Å²) < 4.78 is 10.7. The quantitative estimate of drug-likeness (QED) is 0.636. The van der Waals surface area contributed by atoms with Crippen molar-refractivity contribution in [3.63, 3.8) is 0 Å². The summed E-state index contributed by atoms with van der Waals surface area (Å²) in [6.45, 7) is 0.249. The second kappa shape index (κ2) is 6.13. The van der Waals surface area contributed by atoms with E-state index in [0.29, 0.717) is 11.7 Å². The number of anilines is 1. The minimum atomic E-state index is 0.00402. The average Bonchev–Trinajstić information content (AvgIpc) is 3.15. The van der Waals surface area contributed by atoms with Crippen LogP contribution in [0.15, 0.2) is 28.2 Å². The van der Waals surface area contributed by atoms with Gasteiger partial charge in [0, 0.05) is 18.8 Å². The van der Waals surface area contributed by atoms with E-state index >= 15 is 0 Å². The van der Waals surface area contributed by atoms with Gasteiger partial charge in [0.1, 0.15) is 0 Å². The van der Waals surface area contributed by atoms with Gasteiger partial charge in [-0.1, -0.05) is 12.8 Å². The first-order chi connectivity index (χ1) is 10.6. The molecule has 1 saturated carbocycles. The molecule has 0 saturated heterocycles. The van der Waals surface area contributed by atoms with E-state index in [2.05, 4.69) is 4.99 Å². The summed E-state index contributed by atoms with van der Waals surface area (Å²) in [6, 6.07) is 5.99. The third-order valence-corrected chi connectivity index (χ3v) is 3.90. The molecule has 7 heteroatoms. The van der Waals surface area contributed by atoms with Gasteiger partial charge in [0.2, 0.25) is 12.8 Å². The summed E-state index contributed by atoms with van der Waals surface area (Å²) in [5, 5.41) is 0. The first-order valence-electron chi connectivity index (χ1n) is 7.44. The monoisotopic (exact) mass is 303 g/mol. The second-order valence-corrected chi connectivity index (χ2v) is 5.50. The number of nitrogens with two attached hydrogens (primary N) is 2. The molecule has 22 heavy (non-hydrogen) atoms. The Morgan fingerprint density at radius 3 is 2.64 bits per heavy atom. The molecule has 0 unspecified atom stereocenters. The molecule has 3 rings (SSSR count). The van der Waals surface area contributed by atoms with Crippen molar-refractivity contribution in [3.8, 4) is 11.5 Å². The molecule has 1 fully saturated rings. The van der Waals surface area contributed by atoms with Crippen molar-refractivity contribution < 1.29 is 9.47 Å². The third kappa shape index (κ3) is 3.08. The Bertz CT molecular complexity index is 604. The zero-order chi connectivity index (χ0) is 15.5. The van der Waals surface area contributed by atoms with Crippen molar-refractivity contribution >= 4 is 17.6 Å². The molecule has 1 aliphatic carbocycles. The number of fused-ring (bicyclic) bond motifs is 1. The van der Waals surface area contributed by atoms with Gasteiger partial charge in [0.15, 0.2) is 17.5 Å². The molecule has 118 valence electrons. The molecule has 0 amide bonds. The molecule has 0 atom stereocenters. The van der Waals surface area contributed by atoms with Crippen molar-refractivity contribution in [1.29, 1.82) is 0 Å². The third-order valence-electron chi connectivity index (χ3n) is 3.90. The van der Waals surface area contributed by atoms with Crippen LogP contribution in [-0.2, 0) is 0 Å². The molecule has 1 aromatic carbocycles. The van der Waals surface area contributed by atoms with Crippen LogP contribution in [0.5, 0.6) is 11.5 Å². The summed E-state index contributed by atoms with van der Waals surface area (Å²) in [6.07, 6.45) is 4.57. The van der Waals surface area contributed by atoms with Crippen molar-refractivity contribution in [2.24, 2.45) is 21.5 Å². The number of aliphatic imine (C=N–C) groups is 2. The highest BCUT2D eigenvalue weighted by atomic mass is 16.7. The Morgan fingerprint density at radius 2 is 1.91 bits per heavy atom. The predicted octanol–water partition coefficient (Wildman–Crippen LogP) is 1.42. The Balaban J connectivity index is 1.88. The molecule has 1 aliphatic heterocycles. The van der Waals surface area contributed by atoms with E-state index in [-0.39, 0.29) is 18.8 Å². The van der Waals surface area contributed by atoms with E-state index in [9.17, 15) is 0 Å². The van der Waals surface area contributed by atoms with Crippen LogP contribution in [0, 0.1) is 0 Å². The van der Waals surface area contributed by atoms with Crippen LogP contribution in [0.2, 0.25) is 0 Å². The Morgan fingerprint density at radius 1 is 1.18 bits per heavy atom. The summed E-state index contributed by atoms with van der Waals surface area (Å²) >= 11 is 0. The van der Waals surface area contributed by atoms with Gasteiger partial charge < -0.3 is 25.8 Å². The first-order valence-corrected chi connectivity index (χ1v) is 7.44. The molecule has 7 nitrogen and oxygen atoms in total. The average molecular weight is 303 g/mol. The van der Waals surface area contributed by atoms with Crippen LogP contribution in [0.25, 0.3) is 0 Å². The number of guanidine groups is 2. The molecule has 0 spiro atoms. The normalized spacial score (nSPS) is 17.6. The Hall–Kier alpha value is -2.44. The molecule has 4 N–H and O–H groups in total.